The van der Waals surface area contributed by atoms with Crippen molar-refractivity contribution >= 4 is 5.78 Å². The van der Waals surface area contributed by atoms with Crippen LogP contribution in [0.2, 0.25) is 0 Å². The Morgan fingerprint density at radius 1 is 1.60 bits per heavy atom. The van der Waals surface area contributed by atoms with Crippen LogP contribution in [-0.2, 0) is 4.74 Å². The summed E-state index contributed by atoms with van der Waals surface area (Å²) in [6.45, 7) is 4.47. The summed E-state index contributed by atoms with van der Waals surface area (Å²) in [6, 6.07) is 1.86. The first-order chi connectivity index (χ1) is 7.16. The maximum absolute atomic E-state index is 12.0. The second kappa shape index (κ2) is 5.61. The molecule has 0 radical (unpaired) electrons. The lowest BCUT2D eigenvalue weighted by atomic mass is 9.95. The summed E-state index contributed by atoms with van der Waals surface area (Å²) in [5.74, 6) is 0.144. The number of nitrogens with zero attached hydrogens (tertiary/aromatic N) is 1. The van der Waals surface area contributed by atoms with E-state index in [0.717, 1.165) is 17.5 Å². The molecule has 0 fully saturated rings. The molecule has 1 heterocycles. The molecule has 3 heteroatoms. The lowest BCUT2D eigenvalue weighted by Crippen LogP contribution is -2.14. The highest BCUT2D eigenvalue weighted by Gasteiger charge is 2.16. The monoisotopic (exact) mass is 207 g/mol. The third-order valence-corrected chi connectivity index (χ3v) is 2.51. The molecule has 1 aromatic rings. The van der Waals surface area contributed by atoms with Gasteiger partial charge in [-0.1, -0.05) is 6.92 Å². The quantitative estimate of drug-likeness (QED) is 0.695. The number of ether oxygens (including phenoxy) is 1. The van der Waals surface area contributed by atoms with Crippen LogP contribution in [-0.4, -0.2) is 24.5 Å². The van der Waals surface area contributed by atoms with Crippen molar-refractivity contribution in [3.05, 3.63) is 29.6 Å². The molecule has 0 aliphatic carbocycles. The van der Waals surface area contributed by atoms with Gasteiger partial charge in [0.15, 0.2) is 5.78 Å². The van der Waals surface area contributed by atoms with Gasteiger partial charge in [0.05, 0.1) is 0 Å². The Bertz CT molecular complexity index is 336. The van der Waals surface area contributed by atoms with Gasteiger partial charge in [-0.15, -0.1) is 0 Å². The van der Waals surface area contributed by atoms with Gasteiger partial charge < -0.3 is 4.74 Å². The van der Waals surface area contributed by atoms with E-state index >= 15 is 0 Å². The highest BCUT2D eigenvalue weighted by Crippen LogP contribution is 2.14. The number of aromatic nitrogens is 1. The zero-order valence-corrected chi connectivity index (χ0v) is 9.49. The number of rotatable bonds is 5. The maximum atomic E-state index is 12.0. The van der Waals surface area contributed by atoms with Crippen molar-refractivity contribution in [3.63, 3.8) is 0 Å². The van der Waals surface area contributed by atoms with E-state index in [1.807, 2.05) is 19.9 Å². The van der Waals surface area contributed by atoms with Gasteiger partial charge in [-0.25, -0.2) is 0 Å². The van der Waals surface area contributed by atoms with E-state index in [2.05, 4.69) is 4.98 Å². The zero-order valence-electron chi connectivity index (χ0n) is 9.49. The third kappa shape index (κ3) is 3.13. The number of ketones is 1. The average Bonchev–Trinajstić information content (AvgIpc) is 2.25. The average molecular weight is 207 g/mol. The summed E-state index contributed by atoms with van der Waals surface area (Å²) < 4.78 is 4.96. The molecule has 15 heavy (non-hydrogen) atoms. The molecule has 0 spiro atoms. The van der Waals surface area contributed by atoms with E-state index in [1.54, 1.807) is 19.5 Å². The fourth-order valence-electron chi connectivity index (χ4n) is 1.41. The van der Waals surface area contributed by atoms with Gasteiger partial charge in [0, 0.05) is 37.6 Å². The minimum atomic E-state index is -0.00662. The van der Waals surface area contributed by atoms with E-state index < -0.39 is 0 Å². The zero-order chi connectivity index (χ0) is 11.3. The molecule has 0 saturated carbocycles. The molecule has 0 aromatic carbocycles. The predicted octanol–water partition coefficient (Wildman–Crippen LogP) is 2.25. The van der Waals surface area contributed by atoms with Gasteiger partial charge >= 0.3 is 0 Å². The summed E-state index contributed by atoms with van der Waals surface area (Å²) in [4.78, 5) is 16.0. The van der Waals surface area contributed by atoms with Gasteiger partial charge in [-0.3, -0.25) is 9.78 Å². The minimum Gasteiger partial charge on any atom is -0.385 e. The molecule has 82 valence electrons. The Hall–Kier alpha value is -1.22. The van der Waals surface area contributed by atoms with Crippen molar-refractivity contribution in [2.75, 3.05) is 13.7 Å². The van der Waals surface area contributed by atoms with E-state index in [-0.39, 0.29) is 11.7 Å². The van der Waals surface area contributed by atoms with Crippen molar-refractivity contribution in [3.8, 4) is 0 Å². The van der Waals surface area contributed by atoms with Crippen LogP contribution in [0.4, 0.5) is 0 Å². The number of methoxy groups -OCH3 is 1. The van der Waals surface area contributed by atoms with Gasteiger partial charge in [0.2, 0.25) is 0 Å². The van der Waals surface area contributed by atoms with E-state index in [1.165, 1.54) is 0 Å². The Kier molecular flexibility index (Phi) is 4.43. The van der Waals surface area contributed by atoms with Gasteiger partial charge in [-0.2, -0.15) is 0 Å². The minimum absolute atomic E-state index is 0.00662. The molecule has 0 aliphatic rings. The molecule has 1 atom stereocenters. The first kappa shape index (κ1) is 11.9. The Morgan fingerprint density at radius 3 is 2.93 bits per heavy atom. The molecule has 1 rings (SSSR count). The van der Waals surface area contributed by atoms with Crippen LogP contribution in [0.25, 0.3) is 0 Å². The first-order valence-corrected chi connectivity index (χ1v) is 5.10. The molecule has 0 bridgehead atoms. The van der Waals surface area contributed by atoms with Crippen LogP contribution in [0.1, 0.15) is 29.3 Å². The molecule has 1 aromatic heterocycles. The lowest BCUT2D eigenvalue weighted by molar-refractivity contribution is 0.0892. The smallest absolute Gasteiger partial charge is 0.167 e. The lowest BCUT2D eigenvalue weighted by Gasteiger charge is -2.10. The fraction of sp³-hybridized carbons (Fsp3) is 0.500. The first-order valence-electron chi connectivity index (χ1n) is 5.10. The molecule has 3 nitrogen and oxygen atoms in total. The SMILES string of the molecule is COCCC(C)C(=O)c1cnccc1C. The topological polar surface area (TPSA) is 39.2 Å². The number of hydrogen-bond donors (Lipinski definition) is 0. The Morgan fingerprint density at radius 2 is 2.33 bits per heavy atom. The number of carbonyl (C=O) groups is 1. The Labute approximate surface area is 90.5 Å². The third-order valence-electron chi connectivity index (χ3n) is 2.51. The summed E-state index contributed by atoms with van der Waals surface area (Å²) >= 11 is 0. The summed E-state index contributed by atoms with van der Waals surface area (Å²) in [5, 5.41) is 0. The summed E-state index contributed by atoms with van der Waals surface area (Å²) in [5.41, 5.74) is 1.71. The molecular weight excluding hydrogens is 190 g/mol. The van der Waals surface area contributed by atoms with E-state index in [4.69, 9.17) is 4.74 Å². The summed E-state index contributed by atoms with van der Waals surface area (Å²) in [7, 11) is 1.65. The van der Waals surface area contributed by atoms with Crippen LogP contribution in [0.3, 0.4) is 0 Å². The second-order valence-electron chi connectivity index (χ2n) is 3.74. The standard InChI is InChI=1S/C12H17NO2/c1-9-4-6-13-8-11(9)12(14)10(2)5-7-15-3/h4,6,8,10H,5,7H2,1-3H3. The number of pyridine rings is 1. The van der Waals surface area contributed by atoms with E-state index in [9.17, 15) is 4.79 Å². The molecule has 0 aliphatic heterocycles. The van der Waals surface area contributed by atoms with Gasteiger partial charge in [0.25, 0.3) is 0 Å². The normalized spacial score (nSPS) is 12.5. The van der Waals surface area contributed by atoms with Crippen LogP contribution < -0.4 is 0 Å². The largest absolute Gasteiger partial charge is 0.385 e. The predicted molar refractivity (Wildman–Crippen MR) is 59.0 cm³/mol. The van der Waals surface area contributed by atoms with Crippen LogP contribution in [0.5, 0.6) is 0 Å². The van der Waals surface area contributed by atoms with Gasteiger partial charge in [0.1, 0.15) is 0 Å². The molecule has 0 saturated heterocycles. The van der Waals surface area contributed by atoms with Crippen molar-refractivity contribution in [2.24, 2.45) is 5.92 Å². The molecule has 1 unspecified atom stereocenters. The van der Waals surface area contributed by atoms with Crippen molar-refractivity contribution in [1.82, 2.24) is 4.98 Å². The van der Waals surface area contributed by atoms with Crippen LogP contribution >= 0.6 is 0 Å². The number of carbonyl (C=O) groups excluding carboxylic acids is 1. The number of hydrogen-bond acceptors (Lipinski definition) is 3. The number of aryl methyl sites for hydroxylation is 1. The fourth-order valence-corrected chi connectivity index (χ4v) is 1.41. The van der Waals surface area contributed by atoms with Crippen molar-refractivity contribution in [2.45, 2.75) is 20.3 Å². The molecular formula is C12H17NO2. The maximum Gasteiger partial charge on any atom is 0.167 e. The highest BCUT2D eigenvalue weighted by atomic mass is 16.5. The van der Waals surface area contributed by atoms with Crippen molar-refractivity contribution < 1.29 is 9.53 Å². The molecule has 0 N–H and O–H groups in total. The molecule has 0 amide bonds. The number of Topliss-reactive ketones (excluding diaryl/α,β-unsaturated/α-hetero) is 1. The van der Waals surface area contributed by atoms with E-state index in [0.29, 0.717) is 6.61 Å². The summed E-state index contributed by atoms with van der Waals surface area (Å²) in [6.07, 6.45) is 4.09. The second-order valence-corrected chi connectivity index (χ2v) is 3.74. The van der Waals surface area contributed by atoms with Crippen LogP contribution in [0.15, 0.2) is 18.5 Å². The van der Waals surface area contributed by atoms with Crippen molar-refractivity contribution in [1.29, 1.82) is 0 Å². The van der Waals surface area contributed by atoms with Crippen LogP contribution in [0, 0.1) is 12.8 Å². The van der Waals surface area contributed by atoms with Gasteiger partial charge in [-0.05, 0) is 25.0 Å². The Balaban J connectivity index is 2.72. The highest BCUT2D eigenvalue weighted by molar-refractivity contribution is 5.98.